The van der Waals surface area contributed by atoms with Crippen molar-refractivity contribution < 1.29 is 13.9 Å². The predicted molar refractivity (Wildman–Crippen MR) is 101 cm³/mol. The van der Waals surface area contributed by atoms with E-state index >= 15 is 0 Å². The number of rotatable bonds is 4. The highest BCUT2D eigenvalue weighted by Gasteiger charge is 2.13. The van der Waals surface area contributed by atoms with Crippen LogP contribution in [0.4, 0.5) is 5.69 Å². The number of carbonyl (C=O) groups excluding carboxylic acids is 1. The first-order chi connectivity index (χ1) is 13.1. The summed E-state index contributed by atoms with van der Waals surface area (Å²) in [5, 5.41) is 3.11. The molecule has 2 aromatic carbocycles. The van der Waals surface area contributed by atoms with Crippen LogP contribution in [0, 0.1) is 0 Å². The maximum absolute atomic E-state index is 12.5. The number of aromatic nitrogens is 2. The minimum atomic E-state index is -0.507. The second kappa shape index (κ2) is 6.80. The molecule has 1 N–H and O–H groups in total. The Balaban J connectivity index is 1.60. The SMILES string of the molecule is COc1ccc2c(=O)cc(C(=O)Nc3ccc(-n4ccnc4)cc3)oc2c1. The number of nitrogens with one attached hydrogen (secondary N) is 1. The van der Waals surface area contributed by atoms with Crippen LogP contribution in [0.15, 0.2) is 76.5 Å². The number of methoxy groups -OCH3 is 1. The highest BCUT2D eigenvalue weighted by molar-refractivity contribution is 6.03. The van der Waals surface area contributed by atoms with E-state index in [-0.39, 0.29) is 11.2 Å². The van der Waals surface area contributed by atoms with Gasteiger partial charge in [0.1, 0.15) is 11.3 Å². The smallest absolute Gasteiger partial charge is 0.291 e. The number of imidazole rings is 1. The molecule has 7 nitrogen and oxygen atoms in total. The number of anilines is 1. The zero-order chi connectivity index (χ0) is 18.8. The van der Waals surface area contributed by atoms with E-state index in [2.05, 4.69) is 10.3 Å². The highest BCUT2D eigenvalue weighted by atomic mass is 16.5. The van der Waals surface area contributed by atoms with Crippen LogP contribution in [0.1, 0.15) is 10.6 Å². The minimum Gasteiger partial charge on any atom is -0.497 e. The summed E-state index contributed by atoms with van der Waals surface area (Å²) in [6.07, 6.45) is 5.20. The second-order valence-electron chi connectivity index (χ2n) is 5.81. The predicted octanol–water partition coefficient (Wildman–Crippen LogP) is 3.24. The Kier molecular flexibility index (Phi) is 4.18. The van der Waals surface area contributed by atoms with Crippen molar-refractivity contribution in [2.75, 3.05) is 12.4 Å². The maximum atomic E-state index is 12.5. The van der Waals surface area contributed by atoms with Gasteiger partial charge in [0.05, 0.1) is 18.8 Å². The highest BCUT2D eigenvalue weighted by Crippen LogP contribution is 2.20. The van der Waals surface area contributed by atoms with Crippen LogP contribution >= 0.6 is 0 Å². The first kappa shape index (κ1) is 16.6. The zero-order valence-corrected chi connectivity index (χ0v) is 14.4. The van der Waals surface area contributed by atoms with E-state index in [0.717, 1.165) is 5.69 Å². The monoisotopic (exact) mass is 361 g/mol. The molecular weight excluding hydrogens is 346 g/mol. The molecule has 0 aliphatic heterocycles. The van der Waals surface area contributed by atoms with Gasteiger partial charge in [-0.2, -0.15) is 0 Å². The molecule has 0 radical (unpaired) electrons. The maximum Gasteiger partial charge on any atom is 0.291 e. The Morgan fingerprint density at radius 2 is 1.96 bits per heavy atom. The van der Waals surface area contributed by atoms with Crippen molar-refractivity contribution in [2.24, 2.45) is 0 Å². The second-order valence-corrected chi connectivity index (χ2v) is 5.81. The van der Waals surface area contributed by atoms with Crippen LogP contribution in [-0.2, 0) is 0 Å². The standard InChI is InChI=1S/C20H15N3O4/c1-26-15-6-7-16-17(24)11-19(27-18(16)10-15)20(25)22-13-2-4-14(5-3-13)23-9-8-21-12-23/h2-12H,1H3,(H,22,25). The Morgan fingerprint density at radius 1 is 1.15 bits per heavy atom. The van der Waals surface area contributed by atoms with Gasteiger partial charge in [0.15, 0.2) is 11.2 Å². The van der Waals surface area contributed by atoms with E-state index in [9.17, 15) is 9.59 Å². The van der Waals surface area contributed by atoms with Gasteiger partial charge in [-0.3, -0.25) is 9.59 Å². The van der Waals surface area contributed by atoms with Crippen molar-refractivity contribution in [2.45, 2.75) is 0 Å². The third-order valence-electron chi connectivity index (χ3n) is 4.09. The number of amides is 1. The number of hydrogen-bond donors (Lipinski definition) is 1. The van der Waals surface area contributed by atoms with Crippen LogP contribution in [0.5, 0.6) is 5.75 Å². The molecule has 0 saturated carbocycles. The normalized spacial score (nSPS) is 10.7. The minimum absolute atomic E-state index is 0.0700. The molecule has 27 heavy (non-hydrogen) atoms. The van der Waals surface area contributed by atoms with Crippen LogP contribution in [0.3, 0.4) is 0 Å². The number of fused-ring (bicyclic) bond motifs is 1. The van der Waals surface area contributed by atoms with Crippen molar-refractivity contribution in [3.8, 4) is 11.4 Å². The molecule has 0 fully saturated rings. The molecule has 0 saturated heterocycles. The first-order valence-electron chi connectivity index (χ1n) is 8.16. The van der Waals surface area contributed by atoms with Gasteiger partial charge in [0.25, 0.3) is 5.91 Å². The molecule has 134 valence electrons. The Hall–Kier alpha value is -3.87. The van der Waals surface area contributed by atoms with Crippen molar-refractivity contribution in [3.05, 3.63) is 83.2 Å². The summed E-state index contributed by atoms with van der Waals surface area (Å²) in [6.45, 7) is 0. The van der Waals surface area contributed by atoms with Crippen LogP contribution in [0.25, 0.3) is 16.7 Å². The van der Waals surface area contributed by atoms with E-state index in [1.54, 1.807) is 42.9 Å². The van der Waals surface area contributed by atoms with Gasteiger partial charge in [-0.15, -0.1) is 0 Å². The van der Waals surface area contributed by atoms with E-state index in [1.807, 2.05) is 22.9 Å². The molecule has 0 unspecified atom stereocenters. The van der Waals surface area contributed by atoms with Gasteiger partial charge in [-0.25, -0.2) is 4.98 Å². The molecule has 2 aromatic heterocycles. The lowest BCUT2D eigenvalue weighted by Gasteiger charge is -2.08. The lowest BCUT2D eigenvalue weighted by Crippen LogP contribution is -2.15. The first-order valence-corrected chi connectivity index (χ1v) is 8.16. The summed E-state index contributed by atoms with van der Waals surface area (Å²) in [5.41, 5.74) is 1.49. The van der Waals surface area contributed by atoms with Crippen molar-refractivity contribution in [1.82, 2.24) is 9.55 Å². The third-order valence-corrected chi connectivity index (χ3v) is 4.09. The molecular formula is C20H15N3O4. The van der Waals surface area contributed by atoms with E-state index < -0.39 is 5.91 Å². The Morgan fingerprint density at radius 3 is 2.67 bits per heavy atom. The van der Waals surface area contributed by atoms with Gasteiger partial charge in [0, 0.05) is 35.9 Å². The van der Waals surface area contributed by atoms with E-state index in [0.29, 0.717) is 22.4 Å². The lowest BCUT2D eigenvalue weighted by atomic mass is 10.2. The van der Waals surface area contributed by atoms with Gasteiger partial charge < -0.3 is 19.0 Å². The summed E-state index contributed by atoms with van der Waals surface area (Å²) in [6, 6.07) is 13.2. The van der Waals surface area contributed by atoms with Crippen molar-refractivity contribution in [3.63, 3.8) is 0 Å². The van der Waals surface area contributed by atoms with Gasteiger partial charge in [0.2, 0.25) is 0 Å². The Labute approximate surface area is 153 Å². The summed E-state index contributed by atoms with van der Waals surface area (Å²) < 4.78 is 12.6. The quantitative estimate of drug-likeness (QED) is 0.603. The van der Waals surface area contributed by atoms with Crippen LogP contribution in [-0.4, -0.2) is 22.6 Å². The van der Waals surface area contributed by atoms with E-state index in [4.69, 9.17) is 9.15 Å². The fourth-order valence-corrected chi connectivity index (χ4v) is 2.70. The summed E-state index contributed by atoms with van der Waals surface area (Å²) in [7, 11) is 1.52. The molecule has 0 bridgehead atoms. The molecule has 4 rings (SSSR count). The van der Waals surface area contributed by atoms with Crippen molar-refractivity contribution >= 4 is 22.6 Å². The number of ether oxygens (including phenoxy) is 1. The fourth-order valence-electron chi connectivity index (χ4n) is 2.70. The molecule has 2 heterocycles. The van der Waals surface area contributed by atoms with Gasteiger partial charge >= 0.3 is 0 Å². The summed E-state index contributed by atoms with van der Waals surface area (Å²) in [4.78, 5) is 28.7. The summed E-state index contributed by atoms with van der Waals surface area (Å²) >= 11 is 0. The largest absolute Gasteiger partial charge is 0.497 e. The van der Waals surface area contributed by atoms with Gasteiger partial charge in [-0.05, 0) is 36.4 Å². The topological polar surface area (TPSA) is 86.4 Å². The molecule has 0 aliphatic rings. The van der Waals surface area contributed by atoms with Crippen LogP contribution in [0.2, 0.25) is 0 Å². The van der Waals surface area contributed by atoms with Crippen LogP contribution < -0.4 is 15.5 Å². The lowest BCUT2D eigenvalue weighted by molar-refractivity contribution is 0.0997. The average Bonchev–Trinajstić information content (AvgIpc) is 3.22. The summed E-state index contributed by atoms with van der Waals surface area (Å²) in [5.74, 6) is -0.0371. The number of hydrogen-bond acceptors (Lipinski definition) is 5. The molecule has 4 aromatic rings. The molecule has 1 amide bonds. The molecule has 0 atom stereocenters. The number of nitrogens with zero attached hydrogens (tertiary/aromatic N) is 2. The van der Waals surface area contributed by atoms with Gasteiger partial charge in [-0.1, -0.05) is 0 Å². The molecule has 0 spiro atoms. The number of benzene rings is 2. The fraction of sp³-hybridized carbons (Fsp3) is 0.0500. The zero-order valence-electron chi connectivity index (χ0n) is 14.4. The Bertz CT molecular complexity index is 1160. The van der Waals surface area contributed by atoms with E-state index in [1.165, 1.54) is 13.2 Å². The number of carbonyl (C=O) groups is 1. The molecule has 0 aliphatic carbocycles. The average molecular weight is 361 g/mol. The van der Waals surface area contributed by atoms with Crippen molar-refractivity contribution in [1.29, 1.82) is 0 Å². The third kappa shape index (κ3) is 3.30. The molecule has 7 heteroatoms.